The maximum absolute atomic E-state index is 11.9. The van der Waals surface area contributed by atoms with Crippen LogP contribution in [0, 0.1) is 5.92 Å². The van der Waals surface area contributed by atoms with E-state index in [9.17, 15) is 9.59 Å². The topological polar surface area (TPSA) is 93.2 Å². The van der Waals surface area contributed by atoms with Gasteiger partial charge in [0.05, 0.1) is 17.9 Å². The molecule has 3 aliphatic rings. The van der Waals surface area contributed by atoms with E-state index >= 15 is 0 Å². The fourth-order valence-electron chi connectivity index (χ4n) is 2.63. The van der Waals surface area contributed by atoms with Gasteiger partial charge in [-0.1, -0.05) is 0 Å². The van der Waals surface area contributed by atoms with Gasteiger partial charge in [-0.05, 0) is 12.8 Å². The van der Waals surface area contributed by atoms with E-state index in [-0.39, 0.29) is 5.91 Å². The van der Waals surface area contributed by atoms with Gasteiger partial charge in [-0.25, -0.2) is 0 Å². The van der Waals surface area contributed by atoms with Gasteiger partial charge >= 0.3 is 0 Å². The van der Waals surface area contributed by atoms with Crippen LogP contribution in [-0.4, -0.2) is 21.6 Å². The molecule has 0 spiro atoms. The number of nitrogens with one attached hydrogen (secondary N) is 1. The van der Waals surface area contributed by atoms with Crippen LogP contribution in [0.2, 0.25) is 0 Å². The van der Waals surface area contributed by atoms with Crippen molar-refractivity contribution in [1.82, 2.24) is 15.1 Å². The molecule has 0 saturated heterocycles. The minimum Gasteiger partial charge on any atom is -0.400 e. The second-order valence-electron chi connectivity index (χ2n) is 5.26. The van der Waals surface area contributed by atoms with Crippen molar-refractivity contribution in [3.8, 4) is 0 Å². The highest BCUT2D eigenvalue weighted by molar-refractivity contribution is 6.08. The van der Waals surface area contributed by atoms with Crippen LogP contribution < -0.4 is 16.0 Å². The van der Waals surface area contributed by atoms with E-state index in [2.05, 4.69) is 10.4 Å². The summed E-state index contributed by atoms with van der Waals surface area (Å²) in [6.45, 7) is 0. The summed E-state index contributed by atoms with van der Waals surface area (Å²) in [5.74, 6) is -1.38. The van der Waals surface area contributed by atoms with Crippen molar-refractivity contribution in [3.05, 3.63) is 36.1 Å². The molecular weight excluding hydrogens is 258 g/mol. The largest absolute Gasteiger partial charge is 0.400 e. The fourth-order valence-corrected chi connectivity index (χ4v) is 2.63. The van der Waals surface area contributed by atoms with Crippen LogP contribution >= 0.6 is 0 Å². The summed E-state index contributed by atoms with van der Waals surface area (Å²) in [4.78, 5) is 25.1. The molecule has 3 N–H and O–H groups in total. The first-order chi connectivity index (χ1) is 9.63. The van der Waals surface area contributed by atoms with E-state index in [1.165, 1.54) is 6.08 Å². The van der Waals surface area contributed by atoms with Crippen molar-refractivity contribution in [2.24, 2.45) is 11.7 Å². The molecule has 1 aromatic heterocycles. The summed E-state index contributed by atoms with van der Waals surface area (Å²) < 4.78 is 1.91. The lowest BCUT2D eigenvalue weighted by Gasteiger charge is -2.23. The molecule has 0 radical (unpaired) electrons. The number of aromatic nitrogens is 2. The first-order valence-electron chi connectivity index (χ1n) is 6.50. The molecule has 0 aromatic carbocycles. The molecule has 2 amide bonds. The standard InChI is InChI=1S/C13H13N5O2/c14-9-6-17(8-4-15-18(5-8)7-1-2-7)10-3-11(19)16-13(20)12(9)10/h3-7,12H,1-2,14H2,(H,16,19,20). The first kappa shape index (κ1) is 11.3. The number of nitrogens with two attached hydrogens (primary N) is 1. The quantitative estimate of drug-likeness (QED) is 0.738. The number of fused-ring (bicyclic) bond motifs is 1. The molecule has 7 heteroatoms. The van der Waals surface area contributed by atoms with Crippen molar-refractivity contribution < 1.29 is 9.59 Å². The molecule has 7 nitrogen and oxygen atoms in total. The third-order valence-electron chi connectivity index (χ3n) is 3.76. The number of hydrogen-bond acceptors (Lipinski definition) is 5. The van der Waals surface area contributed by atoms with Crippen LogP contribution in [0.4, 0.5) is 5.69 Å². The Balaban J connectivity index is 1.73. The summed E-state index contributed by atoms with van der Waals surface area (Å²) in [6, 6.07) is 0.480. The number of anilines is 1. The van der Waals surface area contributed by atoms with Crippen molar-refractivity contribution in [1.29, 1.82) is 0 Å². The van der Waals surface area contributed by atoms with Crippen molar-refractivity contribution >= 4 is 17.5 Å². The molecule has 1 saturated carbocycles. The molecule has 3 heterocycles. The van der Waals surface area contributed by atoms with Gasteiger partial charge in [-0.2, -0.15) is 5.10 Å². The van der Waals surface area contributed by atoms with Gasteiger partial charge in [0, 0.05) is 29.9 Å². The molecule has 0 bridgehead atoms. The number of hydrogen-bond donors (Lipinski definition) is 2. The maximum Gasteiger partial charge on any atom is 0.252 e. The minimum absolute atomic E-state index is 0.377. The van der Waals surface area contributed by atoms with Gasteiger partial charge in [0.15, 0.2) is 0 Å². The van der Waals surface area contributed by atoms with Crippen LogP contribution in [-0.2, 0) is 9.59 Å². The Hall–Kier alpha value is -2.57. The molecule has 1 fully saturated rings. The van der Waals surface area contributed by atoms with E-state index in [1.54, 1.807) is 17.3 Å². The Morgan fingerprint density at radius 3 is 2.90 bits per heavy atom. The number of rotatable bonds is 2. The zero-order valence-corrected chi connectivity index (χ0v) is 10.6. The molecular formula is C13H13N5O2. The zero-order chi connectivity index (χ0) is 13.9. The molecule has 102 valence electrons. The Morgan fingerprint density at radius 1 is 1.35 bits per heavy atom. The summed E-state index contributed by atoms with van der Waals surface area (Å²) in [5.41, 5.74) is 7.75. The summed E-state index contributed by atoms with van der Waals surface area (Å²) in [5, 5.41) is 6.58. The highest BCUT2D eigenvalue weighted by atomic mass is 16.2. The Bertz CT molecular complexity index is 683. The second-order valence-corrected chi connectivity index (χ2v) is 5.26. The highest BCUT2D eigenvalue weighted by Crippen LogP contribution is 2.38. The van der Waals surface area contributed by atoms with Gasteiger partial charge in [0.1, 0.15) is 5.92 Å². The van der Waals surface area contributed by atoms with Gasteiger partial charge in [0.25, 0.3) is 5.91 Å². The summed E-state index contributed by atoms with van der Waals surface area (Å²) >= 11 is 0. The summed E-state index contributed by atoms with van der Waals surface area (Å²) in [6.07, 6.45) is 9.03. The number of amides is 2. The van der Waals surface area contributed by atoms with Crippen molar-refractivity contribution in [2.45, 2.75) is 18.9 Å². The number of carbonyl (C=O) groups excluding carboxylic acids is 2. The normalized spacial score (nSPS) is 25.2. The minimum atomic E-state index is -0.586. The molecule has 4 rings (SSSR count). The smallest absolute Gasteiger partial charge is 0.252 e. The average Bonchev–Trinajstić information content (AvgIpc) is 3.03. The second kappa shape index (κ2) is 3.72. The van der Waals surface area contributed by atoms with E-state index in [1.807, 2.05) is 10.9 Å². The van der Waals surface area contributed by atoms with Crippen LogP contribution in [0.1, 0.15) is 18.9 Å². The van der Waals surface area contributed by atoms with E-state index in [4.69, 9.17) is 5.73 Å². The molecule has 20 heavy (non-hydrogen) atoms. The van der Waals surface area contributed by atoms with E-state index < -0.39 is 11.8 Å². The molecule has 1 atom stereocenters. The number of nitrogens with zero attached hydrogens (tertiary/aromatic N) is 3. The Kier molecular flexibility index (Phi) is 2.10. The monoisotopic (exact) mass is 271 g/mol. The van der Waals surface area contributed by atoms with Gasteiger partial charge in [-0.3, -0.25) is 19.6 Å². The molecule has 2 aliphatic heterocycles. The lowest BCUT2D eigenvalue weighted by Crippen LogP contribution is -2.42. The number of imide groups is 1. The lowest BCUT2D eigenvalue weighted by atomic mass is 10.00. The highest BCUT2D eigenvalue weighted by Gasteiger charge is 2.39. The SMILES string of the molecule is NC1=CN(c2cnn(C3CC3)c2)C2=CC(=O)NC(=O)C12. The summed E-state index contributed by atoms with van der Waals surface area (Å²) in [7, 11) is 0. The van der Waals surface area contributed by atoms with Crippen LogP contribution in [0.25, 0.3) is 0 Å². The van der Waals surface area contributed by atoms with Crippen LogP contribution in [0.3, 0.4) is 0 Å². The molecule has 1 aliphatic carbocycles. The lowest BCUT2D eigenvalue weighted by molar-refractivity contribution is -0.130. The van der Waals surface area contributed by atoms with Gasteiger partial charge < -0.3 is 10.6 Å². The van der Waals surface area contributed by atoms with E-state index in [0.717, 1.165) is 18.5 Å². The predicted molar refractivity (Wildman–Crippen MR) is 70.0 cm³/mol. The Labute approximate surface area is 114 Å². The first-order valence-corrected chi connectivity index (χ1v) is 6.50. The third-order valence-corrected chi connectivity index (χ3v) is 3.76. The van der Waals surface area contributed by atoms with Crippen LogP contribution in [0.15, 0.2) is 36.1 Å². The predicted octanol–water partition coefficient (Wildman–Crippen LogP) is -0.00540. The van der Waals surface area contributed by atoms with Crippen molar-refractivity contribution in [2.75, 3.05) is 4.90 Å². The zero-order valence-electron chi connectivity index (χ0n) is 10.6. The Morgan fingerprint density at radius 2 is 2.15 bits per heavy atom. The molecule has 1 unspecified atom stereocenters. The van der Waals surface area contributed by atoms with Gasteiger partial charge in [0.2, 0.25) is 5.91 Å². The average molecular weight is 271 g/mol. The maximum atomic E-state index is 11.9. The number of carbonyl (C=O) groups is 2. The molecule has 1 aromatic rings. The third kappa shape index (κ3) is 1.56. The van der Waals surface area contributed by atoms with Gasteiger partial charge in [-0.15, -0.1) is 0 Å². The fraction of sp³-hybridized carbons (Fsp3) is 0.308. The van der Waals surface area contributed by atoms with Crippen LogP contribution in [0.5, 0.6) is 0 Å². The van der Waals surface area contributed by atoms with Crippen molar-refractivity contribution in [3.63, 3.8) is 0 Å². The van der Waals surface area contributed by atoms with E-state index in [0.29, 0.717) is 17.4 Å².